The van der Waals surface area contributed by atoms with Crippen molar-refractivity contribution in [3.8, 4) is 0 Å². The van der Waals surface area contributed by atoms with E-state index in [1.54, 1.807) is 12.3 Å². The van der Waals surface area contributed by atoms with E-state index in [1.807, 2.05) is 6.07 Å². The van der Waals surface area contributed by atoms with E-state index < -0.39 is 0 Å². The van der Waals surface area contributed by atoms with Crippen LogP contribution >= 0.6 is 0 Å². The molecule has 2 rings (SSSR count). The van der Waals surface area contributed by atoms with Crippen molar-refractivity contribution in [3.63, 3.8) is 0 Å². The summed E-state index contributed by atoms with van der Waals surface area (Å²) in [6.45, 7) is 4.81. The standard InChI is InChI=1S/C13H19N3O/c1-9(2)7-15-13(17)12-6-5-11(8-14-12)16-10-3-4-10/h5-6,8-10,16H,3-4,7H2,1-2H3,(H,15,17). The number of nitrogens with zero attached hydrogens (tertiary/aromatic N) is 1. The summed E-state index contributed by atoms with van der Waals surface area (Å²) in [6.07, 6.45) is 4.19. The predicted octanol–water partition coefficient (Wildman–Crippen LogP) is 2.04. The first-order chi connectivity index (χ1) is 8.15. The molecule has 1 fully saturated rings. The van der Waals surface area contributed by atoms with Gasteiger partial charge < -0.3 is 10.6 Å². The summed E-state index contributed by atoms with van der Waals surface area (Å²) < 4.78 is 0. The number of pyridine rings is 1. The number of anilines is 1. The van der Waals surface area contributed by atoms with Gasteiger partial charge in [-0.2, -0.15) is 0 Å². The highest BCUT2D eigenvalue weighted by Crippen LogP contribution is 2.24. The molecule has 0 bridgehead atoms. The summed E-state index contributed by atoms with van der Waals surface area (Å²) in [6, 6.07) is 4.29. The Hall–Kier alpha value is -1.58. The average molecular weight is 233 g/mol. The first-order valence-corrected chi connectivity index (χ1v) is 6.16. The smallest absolute Gasteiger partial charge is 0.269 e. The van der Waals surface area contributed by atoms with E-state index in [0.717, 1.165) is 5.69 Å². The summed E-state index contributed by atoms with van der Waals surface area (Å²) in [5, 5.41) is 6.19. The topological polar surface area (TPSA) is 54.0 Å². The van der Waals surface area contributed by atoms with Crippen LogP contribution in [0, 0.1) is 5.92 Å². The Balaban J connectivity index is 1.89. The molecule has 1 aliphatic carbocycles. The summed E-state index contributed by atoms with van der Waals surface area (Å²) in [5.41, 5.74) is 1.47. The fraction of sp³-hybridized carbons (Fsp3) is 0.538. The van der Waals surface area contributed by atoms with E-state index in [1.165, 1.54) is 12.8 Å². The molecular weight excluding hydrogens is 214 g/mol. The third-order valence-electron chi connectivity index (χ3n) is 2.62. The van der Waals surface area contributed by atoms with Gasteiger partial charge in [-0.1, -0.05) is 13.8 Å². The Labute approximate surface area is 102 Å². The van der Waals surface area contributed by atoms with Crippen molar-refractivity contribution < 1.29 is 4.79 Å². The molecule has 92 valence electrons. The van der Waals surface area contributed by atoms with Gasteiger partial charge in [0, 0.05) is 12.6 Å². The number of hydrogen-bond acceptors (Lipinski definition) is 3. The van der Waals surface area contributed by atoms with Gasteiger partial charge in [0.25, 0.3) is 5.91 Å². The number of carbonyl (C=O) groups is 1. The molecule has 1 amide bonds. The van der Waals surface area contributed by atoms with Crippen molar-refractivity contribution in [2.45, 2.75) is 32.7 Å². The van der Waals surface area contributed by atoms with Crippen molar-refractivity contribution in [1.29, 1.82) is 0 Å². The molecule has 17 heavy (non-hydrogen) atoms. The van der Waals surface area contributed by atoms with E-state index in [9.17, 15) is 4.79 Å². The predicted molar refractivity (Wildman–Crippen MR) is 68.1 cm³/mol. The molecule has 1 aliphatic rings. The summed E-state index contributed by atoms with van der Waals surface area (Å²) in [4.78, 5) is 15.9. The van der Waals surface area contributed by atoms with Gasteiger partial charge in [0.2, 0.25) is 0 Å². The van der Waals surface area contributed by atoms with Crippen molar-refractivity contribution in [2.75, 3.05) is 11.9 Å². The molecule has 1 aromatic heterocycles. The van der Waals surface area contributed by atoms with Crippen molar-refractivity contribution in [2.24, 2.45) is 5.92 Å². The van der Waals surface area contributed by atoms with Crippen LogP contribution in [0.3, 0.4) is 0 Å². The number of nitrogens with one attached hydrogen (secondary N) is 2. The van der Waals surface area contributed by atoms with Gasteiger partial charge in [-0.25, -0.2) is 4.98 Å². The maximum atomic E-state index is 11.7. The van der Waals surface area contributed by atoms with Gasteiger partial charge in [-0.3, -0.25) is 4.79 Å². The zero-order valence-corrected chi connectivity index (χ0v) is 10.4. The van der Waals surface area contributed by atoms with Crippen LogP contribution < -0.4 is 10.6 Å². The van der Waals surface area contributed by atoms with Gasteiger partial charge in [-0.05, 0) is 30.9 Å². The lowest BCUT2D eigenvalue weighted by Gasteiger charge is -2.08. The van der Waals surface area contributed by atoms with Gasteiger partial charge in [0.1, 0.15) is 5.69 Å². The molecular formula is C13H19N3O. The number of amides is 1. The second-order valence-corrected chi connectivity index (χ2v) is 4.95. The van der Waals surface area contributed by atoms with E-state index in [2.05, 4.69) is 29.5 Å². The normalized spacial score (nSPS) is 14.8. The lowest BCUT2D eigenvalue weighted by Crippen LogP contribution is -2.28. The molecule has 0 atom stereocenters. The molecule has 1 heterocycles. The van der Waals surface area contributed by atoms with Crippen LogP contribution in [0.2, 0.25) is 0 Å². The highest BCUT2D eigenvalue weighted by atomic mass is 16.1. The molecule has 2 N–H and O–H groups in total. The van der Waals surface area contributed by atoms with E-state index >= 15 is 0 Å². The quantitative estimate of drug-likeness (QED) is 0.818. The highest BCUT2D eigenvalue weighted by molar-refractivity contribution is 5.92. The van der Waals surface area contributed by atoms with Gasteiger partial charge in [-0.15, -0.1) is 0 Å². The molecule has 0 unspecified atom stereocenters. The van der Waals surface area contributed by atoms with Crippen molar-refractivity contribution in [3.05, 3.63) is 24.0 Å². The minimum Gasteiger partial charge on any atom is -0.381 e. The average Bonchev–Trinajstić information content (AvgIpc) is 3.11. The van der Waals surface area contributed by atoms with Gasteiger partial charge in [0.05, 0.1) is 11.9 Å². The van der Waals surface area contributed by atoms with Crippen molar-refractivity contribution >= 4 is 11.6 Å². The van der Waals surface area contributed by atoms with Crippen LogP contribution in [0.1, 0.15) is 37.2 Å². The number of aromatic nitrogens is 1. The van der Waals surface area contributed by atoms with E-state index in [0.29, 0.717) is 24.2 Å². The summed E-state index contributed by atoms with van der Waals surface area (Å²) >= 11 is 0. The molecule has 0 radical (unpaired) electrons. The summed E-state index contributed by atoms with van der Waals surface area (Å²) in [5.74, 6) is 0.353. The van der Waals surface area contributed by atoms with Crippen LogP contribution in [0.5, 0.6) is 0 Å². The Morgan fingerprint density at radius 3 is 2.76 bits per heavy atom. The fourth-order valence-corrected chi connectivity index (χ4v) is 1.46. The van der Waals surface area contributed by atoms with E-state index in [4.69, 9.17) is 0 Å². The zero-order valence-electron chi connectivity index (χ0n) is 10.4. The van der Waals surface area contributed by atoms with Crippen LogP contribution in [-0.4, -0.2) is 23.5 Å². The van der Waals surface area contributed by atoms with Crippen LogP contribution in [0.15, 0.2) is 18.3 Å². The summed E-state index contributed by atoms with van der Waals surface area (Å²) in [7, 11) is 0. The van der Waals surface area contributed by atoms with Gasteiger partial charge in [0.15, 0.2) is 0 Å². The second-order valence-electron chi connectivity index (χ2n) is 4.95. The lowest BCUT2D eigenvalue weighted by atomic mass is 10.2. The lowest BCUT2D eigenvalue weighted by molar-refractivity contribution is 0.0944. The highest BCUT2D eigenvalue weighted by Gasteiger charge is 2.20. The number of carbonyl (C=O) groups excluding carboxylic acids is 1. The third kappa shape index (κ3) is 3.73. The van der Waals surface area contributed by atoms with Gasteiger partial charge >= 0.3 is 0 Å². The Morgan fingerprint density at radius 1 is 1.47 bits per heavy atom. The molecule has 0 saturated heterocycles. The molecule has 0 aliphatic heterocycles. The molecule has 0 spiro atoms. The maximum Gasteiger partial charge on any atom is 0.269 e. The van der Waals surface area contributed by atoms with Crippen LogP contribution in [0.25, 0.3) is 0 Å². The molecule has 4 heteroatoms. The molecule has 1 saturated carbocycles. The Kier molecular flexibility index (Phi) is 3.61. The monoisotopic (exact) mass is 233 g/mol. The van der Waals surface area contributed by atoms with Crippen molar-refractivity contribution in [1.82, 2.24) is 10.3 Å². The van der Waals surface area contributed by atoms with Crippen LogP contribution in [-0.2, 0) is 0 Å². The first kappa shape index (κ1) is 11.9. The second kappa shape index (κ2) is 5.17. The SMILES string of the molecule is CC(C)CNC(=O)c1ccc(NC2CC2)cn1. The Bertz CT molecular complexity index is 382. The van der Waals surface area contributed by atoms with E-state index in [-0.39, 0.29) is 5.91 Å². The zero-order chi connectivity index (χ0) is 12.3. The fourth-order valence-electron chi connectivity index (χ4n) is 1.46. The third-order valence-corrected chi connectivity index (χ3v) is 2.62. The number of rotatable bonds is 5. The molecule has 0 aromatic carbocycles. The molecule has 1 aromatic rings. The minimum atomic E-state index is -0.100. The maximum absolute atomic E-state index is 11.7. The largest absolute Gasteiger partial charge is 0.381 e. The number of hydrogen-bond donors (Lipinski definition) is 2. The minimum absolute atomic E-state index is 0.100. The Morgan fingerprint density at radius 2 is 2.24 bits per heavy atom. The van der Waals surface area contributed by atoms with Crippen LogP contribution in [0.4, 0.5) is 5.69 Å². The first-order valence-electron chi connectivity index (χ1n) is 6.16. The molecule has 4 nitrogen and oxygen atoms in total.